The fraction of sp³-hybridized carbons (Fsp3) is 1.00. The topological polar surface area (TPSA) is 12.0 Å². The van der Waals surface area contributed by atoms with Gasteiger partial charge in [0, 0.05) is 11.1 Å². The maximum absolute atomic E-state index is 4.44. The second-order valence-electron chi connectivity index (χ2n) is 9.05. The van der Waals surface area contributed by atoms with Crippen molar-refractivity contribution in [2.75, 3.05) is 0 Å². The van der Waals surface area contributed by atoms with Crippen LogP contribution in [0.15, 0.2) is 0 Å². The van der Waals surface area contributed by atoms with Crippen molar-refractivity contribution in [1.29, 1.82) is 0 Å². The van der Waals surface area contributed by atoms with Crippen LogP contribution in [0.25, 0.3) is 0 Å². The predicted molar refractivity (Wildman–Crippen MR) is 126 cm³/mol. The van der Waals surface area contributed by atoms with Crippen molar-refractivity contribution in [3.63, 3.8) is 0 Å². The zero-order chi connectivity index (χ0) is 20.8. The Balaban J connectivity index is 5.60. The van der Waals surface area contributed by atoms with Crippen LogP contribution in [-0.2, 0) is 0 Å². The fourth-order valence-corrected chi connectivity index (χ4v) is 5.73. The summed E-state index contributed by atoms with van der Waals surface area (Å²) < 4.78 is 0. The number of hydrogen-bond acceptors (Lipinski definition) is 1. The van der Waals surface area contributed by atoms with Gasteiger partial charge in [0.05, 0.1) is 0 Å². The molecule has 0 aliphatic rings. The van der Waals surface area contributed by atoms with Gasteiger partial charge >= 0.3 is 0 Å². The van der Waals surface area contributed by atoms with E-state index in [1.165, 1.54) is 89.9 Å². The highest BCUT2D eigenvalue weighted by atomic mass is 15.1. The third-order valence-corrected chi connectivity index (χ3v) is 7.88. The quantitative estimate of drug-likeness (QED) is 0.234. The minimum atomic E-state index is 0.312. The van der Waals surface area contributed by atoms with E-state index in [-0.39, 0.29) is 0 Å². The van der Waals surface area contributed by atoms with E-state index in [0.717, 1.165) is 11.8 Å². The van der Waals surface area contributed by atoms with Crippen molar-refractivity contribution in [3.05, 3.63) is 0 Å². The van der Waals surface area contributed by atoms with E-state index in [1.54, 1.807) is 0 Å². The molecule has 1 nitrogen and oxygen atoms in total. The summed E-state index contributed by atoms with van der Waals surface area (Å²) in [5.41, 5.74) is 0.624. The number of nitrogens with one attached hydrogen (secondary N) is 1. The number of unbranched alkanes of at least 4 members (excludes halogenated alkanes) is 4. The molecule has 2 atom stereocenters. The van der Waals surface area contributed by atoms with Crippen LogP contribution in [0.1, 0.15) is 145 Å². The summed E-state index contributed by atoms with van der Waals surface area (Å²) in [5.74, 6) is 1.62. The fourth-order valence-electron chi connectivity index (χ4n) is 5.73. The van der Waals surface area contributed by atoms with Gasteiger partial charge < -0.3 is 5.32 Å². The third kappa shape index (κ3) is 7.71. The molecule has 1 N–H and O–H groups in total. The average molecular weight is 382 g/mol. The molecular weight excluding hydrogens is 326 g/mol. The largest absolute Gasteiger partial charge is 0.305 e. The molecule has 0 heterocycles. The molecule has 0 aliphatic heterocycles. The molecule has 0 aliphatic carbocycles. The van der Waals surface area contributed by atoms with Gasteiger partial charge in [0.2, 0.25) is 0 Å². The zero-order valence-electron chi connectivity index (χ0n) is 20.6. The van der Waals surface area contributed by atoms with Crippen LogP contribution in [0.2, 0.25) is 0 Å². The smallest absolute Gasteiger partial charge is 0.0209 e. The van der Waals surface area contributed by atoms with Gasteiger partial charge in [-0.1, -0.05) is 107 Å². The normalized spacial score (nSPS) is 15.1. The lowest BCUT2D eigenvalue weighted by molar-refractivity contribution is 0.0638. The van der Waals surface area contributed by atoms with Gasteiger partial charge in [-0.05, 0) is 50.4 Å². The van der Waals surface area contributed by atoms with Crippen LogP contribution in [0.5, 0.6) is 0 Å². The maximum atomic E-state index is 4.44. The van der Waals surface area contributed by atoms with Gasteiger partial charge in [-0.25, -0.2) is 0 Å². The highest BCUT2D eigenvalue weighted by Gasteiger charge is 2.43. The van der Waals surface area contributed by atoms with Crippen molar-refractivity contribution >= 4 is 0 Å². The highest BCUT2D eigenvalue weighted by molar-refractivity contribution is 5.02. The highest BCUT2D eigenvalue weighted by Crippen LogP contribution is 2.40. The second-order valence-corrected chi connectivity index (χ2v) is 9.05. The first-order valence-corrected chi connectivity index (χ1v) is 12.8. The third-order valence-electron chi connectivity index (χ3n) is 7.88. The first-order valence-electron chi connectivity index (χ1n) is 12.8. The van der Waals surface area contributed by atoms with E-state index >= 15 is 0 Å². The summed E-state index contributed by atoms with van der Waals surface area (Å²) >= 11 is 0. The molecule has 27 heavy (non-hydrogen) atoms. The monoisotopic (exact) mass is 381 g/mol. The zero-order valence-corrected chi connectivity index (χ0v) is 20.6. The number of hydrogen-bond donors (Lipinski definition) is 1. The van der Waals surface area contributed by atoms with Crippen molar-refractivity contribution in [1.82, 2.24) is 5.32 Å². The molecule has 0 fully saturated rings. The van der Waals surface area contributed by atoms with E-state index in [1.807, 2.05) is 0 Å². The van der Waals surface area contributed by atoms with Crippen LogP contribution in [0, 0.1) is 11.8 Å². The Morgan fingerprint density at radius 2 is 0.852 bits per heavy atom. The molecule has 0 aromatic rings. The van der Waals surface area contributed by atoms with Gasteiger partial charge in [0.15, 0.2) is 0 Å². The Morgan fingerprint density at radius 3 is 1.07 bits per heavy atom. The summed E-state index contributed by atoms with van der Waals surface area (Å²) in [4.78, 5) is 0. The SMILES string of the molecule is CCCCCC(CC)C(CC)(CC)NC(CC)(CC)C(CC)CCCCC. The Morgan fingerprint density at radius 1 is 0.519 bits per heavy atom. The molecule has 0 spiro atoms. The summed E-state index contributed by atoms with van der Waals surface area (Å²) in [6.07, 6.45) is 18.7. The summed E-state index contributed by atoms with van der Waals surface area (Å²) in [6.45, 7) is 19.3. The van der Waals surface area contributed by atoms with Gasteiger partial charge in [-0.15, -0.1) is 0 Å². The first-order chi connectivity index (χ1) is 13.0. The minimum absolute atomic E-state index is 0.312. The lowest BCUT2D eigenvalue weighted by Crippen LogP contribution is -2.63. The molecule has 0 aromatic carbocycles. The lowest BCUT2D eigenvalue weighted by atomic mass is 9.69. The van der Waals surface area contributed by atoms with Crippen molar-refractivity contribution in [2.45, 2.75) is 156 Å². The van der Waals surface area contributed by atoms with Crippen LogP contribution >= 0.6 is 0 Å². The molecule has 0 saturated heterocycles. The van der Waals surface area contributed by atoms with Crippen LogP contribution in [0.3, 0.4) is 0 Å². The van der Waals surface area contributed by atoms with Crippen molar-refractivity contribution in [2.24, 2.45) is 11.8 Å². The molecular formula is C26H55N. The van der Waals surface area contributed by atoms with Gasteiger partial charge in [-0.2, -0.15) is 0 Å². The van der Waals surface area contributed by atoms with Crippen molar-refractivity contribution in [3.8, 4) is 0 Å². The maximum Gasteiger partial charge on any atom is 0.0209 e. The van der Waals surface area contributed by atoms with Crippen LogP contribution in [0.4, 0.5) is 0 Å². The molecule has 0 saturated carbocycles. The van der Waals surface area contributed by atoms with Crippen LogP contribution < -0.4 is 5.32 Å². The Kier molecular flexibility index (Phi) is 14.9. The van der Waals surface area contributed by atoms with E-state index in [2.05, 4.69) is 60.7 Å². The molecule has 0 radical (unpaired) electrons. The first kappa shape index (κ1) is 27.0. The van der Waals surface area contributed by atoms with Gasteiger partial charge in [0.1, 0.15) is 0 Å². The molecule has 164 valence electrons. The van der Waals surface area contributed by atoms with E-state index in [4.69, 9.17) is 0 Å². The summed E-state index contributed by atoms with van der Waals surface area (Å²) in [6, 6.07) is 0. The molecule has 1 heteroatoms. The average Bonchev–Trinajstić information content (AvgIpc) is 2.71. The van der Waals surface area contributed by atoms with Crippen molar-refractivity contribution < 1.29 is 0 Å². The summed E-state index contributed by atoms with van der Waals surface area (Å²) in [5, 5.41) is 4.44. The Bertz CT molecular complexity index is 295. The summed E-state index contributed by atoms with van der Waals surface area (Å²) in [7, 11) is 0. The minimum Gasteiger partial charge on any atom is -0.305 e. The predicted octanol–water partition coefficient (Wildman–Crippen LogP) is 8.91. The molecule has 0 bridgehead atoms. The molecule has 0 aromatic heterocycles. The molecule has 2 unspecified atom stereocenters. The van der Waals surface area contributed by atoms with Gasteiger partial charge in [0.25, 0.3) is 0 Å². The molecule has 0 rings (SSSR count). The second kappa shape index (κ2) is 14.9. The van der Waals surface area contributed by atoms with E-state index in [9.17, 15) is 0 Å². The lowest BCUT2D eigenvalue weighted by Gasteiger charge is -2.52. The van der Waals surface area contributed by atoms with Gasteiger partial charge in [-0.3, -0.25) is 0 Å². The number of rotatable bonds is 18. The molecule has 0 amide bonds. The van der Waals surface area contributed by atoms with Crippen LogP contribution in [-0.4, -0.2) is 11.1 Å². The Hall–Kier alpha value is -0.0400. The van der Waals surface area contributed by atoms with E-state index in [0.29, 0.717) is 11.1 Å². The standard InChI is InChI=1S/C26H55N/c1-9-17-19-21-23(11-3)25(13-5,14-6)27-26(15-7,16-8)24(12-4)22-20-18-10-2/h23-24,27H,9-22H2,1-8H3. The Labute approximate surface area is 173 Å². The van der Waals surface area contributed by atoms with E-state index < -0.39 is 0 Å².